The van der Waals surface area contributed by atoms with Crippen LogP contribution in [0.1, 0.15) is 23.7 Å². The van der Waals surface area contributed by atoms with Gasteiger partial charge in [-0.25, -0.2) is 18.8 Å². The molecule has 2 aromatic carbocycles. The highest BCUT2D eigenvalue weighted by atomic mass is 35.5. The predicted octanol–water partition coefficient (Wildman–Crippen LogP) is 1.47. The fourth-order valence-corrected chi connectivity index (χ4v) is 3.41. The molecule has 0 radical (unpaired) electrons. The molecule has 2 aromatic rings. The summed E-state index contributed by atoms with van der Waals surface area (Å²) in [6.45, 7) is 0.0611. The van der Waals surface area contributed by atoms with Crippen LogP contribution in [0.5, 0.6) is 0 Å². The van der Waals surface area contributed by atoms with Crippen molar-refractivity contribution in [3.8, 4) is 0 Å². The molecule has 0 aliphatic carbocycles. The number of hydrogen-bond donors (Lipinski definition) is 4. The number of halogens is 3. The van der Waals surface area contributed by atoms with E-state index >= 15 is 0 Å². The number of benzene rings is 2. The molecule has 1 aliphatic heterocycles. The van der Waals surface area contributed by atoms with Gasteiger partial charge in [-0.1, -0.05) is 17.7 Å². The summed E-state index contributed by atoms with van der Waals surface area (Å²) in [5.41, 5.74) is 3.33. The van der Waals surface area contributed by atoms with E-state index in [9.17, 15) is 23.5 Å². The van der Waals surface area contributed by atoms with Gasteiger partial charge < -0.3 is 10.4 Å². The quantitative estimate of drug-likeness (QED) is 0.188. The highest BCUT2D eigenvalue weighted by Gasteiger charge is 2.39. The van der Waals surface area contributed by atoms with Crippen molar-refractivity contribution in [1.82, 2.24) is 20.9 Å². The highest BCUT2D eigenvalue weighted by molar-refractivity contribution is 6.30. The van der Waals surface area contributed by atoms with Crippen molar-refractivity contribution >= 4 is 35.4 Å². The number of hydrazine groups is 2. The van der Waals surface area contributed by atoms with E-state index in [-0.39, 0.29) is 19.6 Å². The monoisotopic (exact) mass is 496 g/mol. The maximum atomic E-state index is 14.0. The number of hydrogen-bond acceptors (Lipinski definition) is 7. The number of nitrogens with one attached hydrogen (secondary N) is 2. The Kier molecular flexibility index (Phi) is 8.47. The van der Waals surface area contributed by atoms with E-state index in [0.717, 1.165) is 12.1 Å². The number of aliphatic imine (C=N–C) groups is 1. The number of aliphatic hydroxyl groups excluding tert-OH is 1. The lowest BCUT2D eigenvalue weighted by atomic mass is 10.1. The Bertz CT molecular complexity index is 1090. The van der Waals surface area contributed by atoms with Gasteiger partial charge in [-0.2, -0.15) is 5.12 Å². The number of amides is 2. The lowest BCUT2D eigenvalue weighted by Gasteiger charge is -2.24. The third kappa shape index (κ3) is 6.24. The van der Waals surface area contributed by atoms with E-state index in [4.69, 9.17) is 22.3 Å². The van der Waals surface area contributed by atoms with Gasteiger partial charge in [-0.05, 0) is 29.8 Å². The SMILES string of the molecule is CN(N)NC=Nc1ccc(Cl)cc1CNC(=O)[C@@H]1CCON1C(=O)C(O)c1ccc(F)cc1F. The van der Waals surface area contributed by atoms with Crippen LogP contribution in [0.25, 0.3) is 0 Å². The lowest BCUT2D eigenvalue weighted by Crippen LogP contribution is -2.46. The molecule has 0 saturated carbocycles. The Morgan fingerprint density at radius 3 is 2.85 bits per heavy atom. The van der Waals surface area contributed by atoms with Crippen LogP contribution in [0, 0.1) is 11.6 Å². The van der Waals surface area contributed by atoms with Crippen LogP contribution in [0.4, 0.5) is 14.5 Å². The summed E-state index contributed by atoms with van der Waals surface area (Å²) >= 11 is 6.06. The molecule has 34 heavy (non-hydrogen) atoms. The molecule has 2 amide bonds. The smallest absolute Gasteiger partial charge is 0.280 e. The summed E-state index contributed by atoms with van der Waals surface area (Å²) in [7, 11) is 1.58. The van der Waals surface area contributed by atoms with E-state index in [2.05, 4.69) is 15.7 Å². The van der Waals surface area contributed by atoms with Crippen molar-refractivity contribution in [2.45, 2.75) is 25.1 Å². The molecule has 0 bridgehead atoms. The number of hydroxylamine groups is 2. The molecule has 1 unspecified atom stereocenters. The van der Waals surface area contributed by atoms with Gasteiger partial charge in [0.25, 0.3) is 5.91 Å². The Balaban J connectivity index is 1.68. The Labute approximate surface area is 198 Å². The molecule has 0 spiro atoms. The minimum absolute atomic E-state index is 0.0260. The van der Waals surface area contributed by atoms with Crippen molar-refractivity contribution in [1.29, 1.82) is 0 Å². The average Bonchev–Trinajstić information content (AvgIpc) is 3.27. The van der Waals surface area contributed by atoms with Crippen LogP contribution in [0.15, 0.2) is 41.4 Å². The second-order valence-electron chi connectivity index (χ2n) is 7.36. The van der Waals surface area contributed by atoms with E-state index < -0.39 is 41.2 Å². The number of carbonyl (C=O) groups is 2. The molecule has 5 N–H and O–H groups in total. The molecule has 0 aromatic heterocycles. The Hall–Kier alpha value is -3.16. The van der Waals surface area contributed by atoms with Crippen molar-refractivity contribution in [2.24, 2.45) is 10.8 Å². The van der Waals surface area contributed by atoms with E-state index in [1.807, 2.05) is 0 Å². The first-order valence-corrected chi connectivity index (χ1v) is 10.5. The number of rotatable bonds is 8. The molecule has 1 aliphatic rings. The largest absolute Gasteiger partial charge is 0.378 e. The van der Waals surface area contributed by atoms with Gasteiger partial charge in [-0.15, -0.1) is 0 Å². The van der Waals surface area contributed by atoms with Crippen LogP contribution in [0.2, 0.25) is 5.02 Å². The molecule has 1 fully saturated rings. The molecule has 182 valence electrons. The number of aliphatic hydroxyl groups is 1. The number of nitrogens with zero attached hydrogens (tertiary/aromatic N) is 3. The molecule has 1 saturated heterocycles. The second kappa shape index (κ2) is 11.3. The summed E-state index contributed by atoms with van der Waals surface area (Å²) in [4.78, 5) is 35.0. The third-order valence-electron chi connectivity index (χ3n) is 4.88. The summed E-state index contributed by atoms with van der Waals surface area (Å²) in [5.74, 6) is 1.89. The summed E-state index contributed by atoms with van der Waals surface area (Å²) in [6.07, 6.45) is -0.463. The first-order valence-electron chi connectivity index (χ1n) is 10.1. The molecular formula is C21H23ClF2N6O4. The molecule has 10 nitrogen and oxygen atoms in total. The molecule has 1 heterocycles. The molecule has 3 rings (SSSR count). The maximum absolute atomic E-state index is 14.0. The van der Waals surface area contributed by atoms with Gasteiger partial charge >= 0.3 is 0 Å². The van der Waals surface area contributed by atoms with E-state index in [0.29, 0.717) is 27.4 Å². The zero-order chi connectivity index (χ0) is 24.8. The average molecular weight is 497 g/mol. The van der Waals surface area contributed by atoms with Crippen LogP contribution in [-0.2, 0) is 21.0 Å². The summed E-state index contributed by atoms with van der Waals surface area (Å²) in [6, 6.07) is 6.26. The zero-order valence-electron chi connectivity index (χ0n) is 18.0. The van der Waals surface area contributed by atoms with Gasteiger partial charge in [0, 0.05) is 36.7 Å². The van der Waals surface area contributed by atoms with Crippen molar-refractivity contribution in [2.75, 3.05) is 13.7 Å². The topological polar surface area (TPSA) is 133 Å². The Morgan fingerprint density at radius 1 is 1.38 bits per heavy atom. The molecular weight excluding hydrogens is 474 g/mol. The number of carbonyl (C=O) groups excluding carboxylic acids is 2. The Morgan fingerprint density at radius 2 is 2.15 bits per heavy atom. The summed E-state index contributed by atoms with van der Waals surface area (Å²) in [5, 5.41) is 15.3. The van der Waals surface area contributed by atoms with Gasteiger partial charge in [0.2, 0.25) is 5.91 Å². The van der Waals surface area contributed by atoms with Crippen LogP contribution in [0.3, 0.4) is 0 Å². The molecule has 13 heteroatoms. The fraction of sp³-hybridized carbons (Fsp3) is 0.286. The normalized spacial score (nSPS) is 16.8. The number of nitrogens with two attached hydrogens (primary N) is 1. The van der Waals surface area contributed by atoms with E-state index in [1.54, 1.807) is 25.2 Å². The van der Waals surface area contributed by atoms with Gasteiger partial charge in [0.05, 0.1) is 12.3 Å². The van der Waals surface area contributed by atoms with Gasteiger partial charge in [-0.3, -0.25) is 25.7 Å². The minimum atomic E-state index is -1.98. The first-order chi connectivity index (χ1) is 16.2. The third-order valence-corrected chi connectivity index (χ3v) is 5.11. The summed E-state index contributed by atoms with van der Waals surface area (Å²) < 4.78 is 27.1. The second-order valence-corrected chi connectivity index (χ2v) is 7.80. The van der Waals surface area contributed by atoms with E-state index in [1.165, 1.54) is 11.5 Å². The van der Waals surface area contributed by atoms with Crippen molar-refractivity contribution < 1.29 is 28.3 Å². The lowest BCUT2D eigenvalue weighted by molar-refractivity contribution is -0.188. The predicted molar refractivity (Wildman–Crippen MR) is 119 cm³/mol. The van der Waals surface area contributed by atoms with Crippen molar-refractivity contribution in [3.05, 3.63) is 64.2 Å². The molecule has 2 atom stereocenters. The van der Waals surface area contributed by atoms with Gasteiger partial charge in [0.15, 0.2) is 6.10 Å². The minimum Gasteiger partial charge on any atom is -0.378 e. The van der Waals surface area contributed by atoms with Crippen LogP contribution in [-0.4, -0.2) is 53.1 Å². The maximum Gasteiger partial charge on any atom is 0.280 e. The fourth-order valence-electron chi connectivity index (χ4n) is 3.21. The zero-order valence-corrected chi connectivity index (χ0v) is 18.8. The van der Waals surface area contributed by atoms with Crippen molar-refractivity contribution in [3.63, 3.8) is 0 Å². The van der Waals surface area contributed by atoms with Crippen LogP contribution < -0.4 is 16.6 Å². The van der Waals surface area contributed by atoms with Gasteiger partial charge in [0.1, 0.15) is 24.0 Å². The van der Waals surface area contributed by atoms with Crippen LogP contribution >= 0.6 is 11.6 Å². The first kappa shape index (κ1) is 25.5. The highest BCUT2D eigenvalue weighted by Crippen LogP contribution is 2.26. The standard InChI is InChI=1S/C21H23ClF2N6O4/c1-29(25)28-11-27-17-5-2-13(22)8-12(17)10-26-20(32)18-6-7-34-30(18)21(33)19(31)15-4-3-14(23)9-16(15)24/h2-5,8-9,11,18-19,31H,6-7,10,25H2,1H3,(H,26,32)(H,27,28)/t18-,19?/m0/s1.